The van der Waals surface area contributed by atoms with Gasteiger partial charge in [0.1, 0.15) is 5.75 Å². The van der Waals surface area contributed by atoms with E-state index in [2.05, 4.69) is 20.7 Å². The molecule has 1 aromatic rings. The molecule has 0 atom stereocenters. The Morgan fingerprint density at radius 3 is 2.71 bits per heavy atom. The molecule has 0 saturated heterocycles. The van der Waals surface area contributed by atoms with Gasteiger partial charge in [0.15, 0.2) is 0 Å². The van der Waals surface area contributed by atoms with Crippen LogP contribution < -0.4 is 9.46 Å². The SMILES string of the molecule is COc1cc(Br)ccc1CCCNS(C)(=O)=O. The predicted molar refractivity (Wildman–Crippen MR) is 71.9 cm³/mol. The molecule has 0 amide bonds. The molecule has 0 aliphatic rings. The zero-order valence-electron chi connectivity index (χ0n) is 9.86. The Balaban J connectivity index is 2.52. The van der Waals surface area contributed by atoms with Crippen molar-refractivity contribution in [1.29, 1.82) is 0 Å². The van der Waals surface area contributed by atoms with Crippen LogP contribution in [0.1, 0.15) is 12.0 Å². The quantitative estimate of drug-likeness (QED) is 0.815. The zero-order valence-corrected chi connectivity index (χ0v) is 12.3. The van der Waals surface area contributed by atoms with E-state index in [-0.39, 0.29) is 0 Å². The van der Waals surface area contributed by atoms with Gasteiger partial charge in [-0.15, -0.1) is 0 Å². The van der Waals surface area contributed by atoms with Gasteiger partial charge in [-0.3, -0.25) is 0 Å². The van der Waals surface area contributed by atoms with Crippen LogP contribution in [0, 0.1) is 0 Å². The van der Waals surface area contributed by atoms with Gasteiger partial charge in [-0.25, -0.2) is 13.1 Å². The van der Waals surface area contributed by atoms with Gasteiger partial charge in [0, 0.05) is 11.0 Å². The van der Waals surface area contributed by atoms with E-state index in [0.29, 0.717) is 6.54 Å². The van der Waals surface area contributed by atoms with Crippen LogP contribution in [0.5, 0.6) is 5.75 Å². The average Bonchev–Trinajstić information content (AvgIpc) is 2.24. The van der Waals surface area contributed by atoms with Crippen molar-refractivity contribution in [1.82, 2.24) is 4.72 Å². The predicted octanol–water partition coefficient (Wildman–Crippen LogP) is 1.94. The number of nitrogens with one attached hydrogen (secondary N) is 1. The number of methoxy groups -OCH3 is 1. The highest BCUT2D eigenvalue weighted by molar-refractivity contribution is 9.10. The molecule has 0 spiro atoms. The highest BCUT2D eigenvalue weighted by Crippen LogP contribution is 2.24. The normalized spacial score (nSPS) is 11.5. The Bertz CT molecular complexity index is 474. The van der Waals surface area contributed by atoms with Gasteiger partial charge in [-0.05, 0) is 30.5 Å². The summed E-state index contributed by atoms with van der Waals surface area (Å²) < 4.78 is 30.4. The number of hydrogen-bond acceptors (Lipinski definition) is 3. The molecular weight excluding hydrogens is 306 g/mol. The van der Waals surface area contributed by atoms with Crippen LogP contribution in [0.3, 0.4) is 0 Å². The first-order valence-corrected chi connectivity index (χ1v) is 7.88. The Morgan fingerprint density at radius 2 is 2.12 bits per heavy atom. The lowest BCUT2D eigenvalue weighted by atomic mass is 10.1. The van der Waals surface area contributed by atoms with Gasteiger partial charge in [0.25, 0.3) is 0 Å². The minimum Gasteiger partial charge on any atom is -0.496 e. The van der Waals surface area contributed by atoms with Gasteiger partial charge in [0.2, 0.25) is 10.0 Å². The largest absolute Gasteiger partial charge is 0.496 e. The summed E-state index contributed by atoms with van der Waals surface area (Å²) in [6.45, 7) is 0.443. The smallest absolute Gasteiger partial charge is 0.208 e. The van der Waals surface area contributed by atoms with E-state index >= 15 is 0 Å². The molecule has 17 heavy (non-hydrogen) atoms. The fourth-order valence-electron chi connectivity index (χ4n) is 1.46. The zero-order chi connectivity index (χ0) is 12.9. The molecule has 0 aliphatic heterocycles. The van der Waals surface area contributed by atoms with Crippen molar-refractivity contribution in [3.05, 3.63) is 28.2 Å². The van der Waals surface area contributed by atoms with Gasteiger partial charge in [0.05, 0.1) is 13.4 Å². The summed E-state index contributed by atoms with van der Waals surface area (Å²) in [4.78, 5) is 0. The number of rotatable bonds is 6. The molecule has 0 bridgehead atoms. The molecule has 0 heterocycles. The second-order valence-corrected chi connectivity index (χ2v) is 6.47. The van der Waals surface area contributed by atoms with E-state index in [4.69, 9.17) is 4.74 Å². The second kappa shape index (κ2) is 6.37. The summed E-state index contributed by atoms with van der Waals surface area (Å²) in [6.07, 6.45) is 2.68. The Kier molecular flexibility index (Phi) is 5.42. The molecule has 1 aromatic carbocycles. The van der Waals surface area contributed by atoms with E-state index in [1.54, 1.807) is 7.11 Å². The van der Waals surface area contributed by atoms with E-state index in [1.807, 2.05) is 18.2 Å². The van der Waals surface area contributed by atoms with Crippen molar-refractivity contribution in [2.24, 2.45) is 0 Å². The third-order valence-electron chi connectivity index (χ3n) is 2.24. The third-order valence-corrected chi connectivity index (χ3v) is 3.46. The van der Waals surface area contributed by atoms with Gasteiger partial charge in [-0.2, -0.15) is 0 Å². The molecule has 0 fully saturated rings. The first-order valence-electron chi connectivity index (χ1n) is 5.19. The van der Waals surface area contributed by atoms with E-state index in [1.165, 1.54) is 0 Å². The molecule has 6 heteroatoms. The average molecular weight is 322 g/mol. The topological polar surface area (TPSA) is 55.4 Å². The van der Waals surface area contributed by atoms with Crippen LogP contribution in [0.2, 0.25) is 0 Å². The first kappa shape index (κ1) is 14.5. The maximum atomic E-state index is 10.9. The minimum absolute atomic E-state index is 0.443. The molecule has 4 nitrogen and oxygen atoms in total. The summed E-state index contributed by atoms with van der Waals surface area (Å²) in [7, 11) is -1.46. The molecule has 0 aromatic heterocycles. The fourth-order valence-corrected chi connectivity index (χ4v) is 2.32. The molecule has 0 radical (unpaired) electrons. The van der Waals surface area contributed by atoms with E-state index in [9.17, 15) is 8.42 Å². The van der Waals surface area contributed by atoms with Gasteiger partial charge in [-0.1, -0.05) is 22.0 Å². The van der Waals surface area contributed by atoms with Crippen LogP contribution >= 0.6 is 15.9 Å². The van der Waals surface area contributed by atoms with E-state index in [0.717, 1.165) is 34.9 Å². The molecule has 96 valence electrons. The molecule has 0 aliphatic carbocycles. The molecule has 1 N–H and O–H groups in total. The van der Waals surface area contributed by atoms with E-state index < -0.39 is 10.0 Å². The van der Waals surface area contributed by atoms with Gasteiger partial charge >= 0.3 is 0 Å². The summed E-state index contributed by atoms with van der Waals surface area (Å²) in [5, 5.41) is 0. The molecular formula is C11H16BrNO3S. The van der Waals surface area contributed by atoms with Crippen molar-refractivity contribution < 1.29 is 13.2 Å². The Morgan fingerprint density at radius 1 is 1.41 bits per heavy atom. The fraction of sp³-hybridized carbons (Fsp3) is 0.455. The van der Waals surface area contributed by atoms with Crippen molar-refractivity contribution in [2.75, 3.05) is 19.9 Å². The van der Waals surface area contributed by atoms with Crippen LogP contribution in [-0.2, 0) is 16.4 Å². The highest BCUT2D eigenvalue weighted by Gasteiger charge is 2.04. The van der Waals surface area contributed by atoms with Crippen LogP contribution in [0.4, 0.5) is 0 Å². The minimum atomic E-state index is -3.09. The monoisotopic (exact) mass is 321 g/mol. The summed E-state index contributed by atoms with van der Waals surface area (Å²) in [5.74, 6) is 0.818. The summed E-state index contributed by atoms with van der Waals surface area (Å²) in [6, 6.07) is 5.82. The van der Waals surface area contributed by atoms with Crippen molar-refractivity contribution in [3.8, 4) is 5.75 Å². The van der Waals surface area contributed by atoms with Crippen LogP contribution in [0.15, 0.2) is 22.7 Å². The summed E-state index contributed by atoms with van der Waals surface area (Å²) in [5.41, 5.74) is 1.08. The Hall–Kier alpha value is -0.590. The van der Waals surface area contributed by atoms with Crippen LogP contribution in [-0.4, -0.2) is 28.3 Å². The van der Waals surface area contributed by atoms with Crippen LogP contribution in [0.25, 0.3) is 0 Å². The molecule has 0 unspecified atom stereocenters. The number of aryl methyl sites for hydroxylation is 1. The molecule has 0 saturated carbocycles. The number of benzene rings is 1. The maximum absolute atomic E-state index is 10.9. The van der Waals surface area contributed by atoms with Crippen molar-refractivity contribution in [3.63, 3.8) is 0 Å². The van der Waals surface area contributed by atoms with Gasteiger partial charge < -0.3 is 4.74 Å². The first-order chi connectivity index (χ1) is 7.92. The Labute approximate surface area is 111 Å². The lowest BCUT2D eigenvalue weighted by Crippen LogP contribution is -2.23. The number of halogens is 1. The molecule has 1 rings (SSSR count). The van der Waals surface area contributed by atoms with Crippen molar-refractivity contribution >= 4 is 26.0 Å². The standard InChI is InChI=1S/C11H16BrNO3S/c1-16-11-8-10(12)6-5-9(11)4-3-7-13-17(2,14)15/h5-6,8,13H,3-4,7H2,1-2H3. The third kappa shape index (κ3) is 5.52. The second-order valence-electron chi connectivity index (χ2n) is 3.73. The number of sulfonamides is 1. The lowest BCUT2D eigenvalue weighted by Gasteiger charge is -2.09. The lowest BCUT2D eigenvalue weighted by molar-refractivity contribution is 0.409. The summed E-state index contributed by atoms with van der Waals surface area (Å²) >= 11 is 3.37. The van der Waals surface area contributed by atoms with Crippen molar-refractivity contribution in [2.45, 2.75) is 12.8 Å². The maximum Gasteiger partial charge on any atom is 0.208 e. The number of ether oxygens (including phenoxy) is 1. The number of hydrogen-bond donors (Lipinski definition) is 1. The highest BCUT2D eigenvalue weighted by atomic mass is 79.9.